The van der Waals surface area contributed by atoms with Crippen LogP contribution in [0, 0.1) is 0 Å². The molecule has 0 saturated carbocycles. The Hall–Kier alpha value is -2.86. The summed E-state index contributed by atoms with van der Waals surface area (Å²) in [7, 11) is 0. The van der Waals surface area contributed by atoms with E-state index in [0.717, 1.165) is 5.75 Å². The maximum atomic E-state index is 12.3. The van der Waals surface area contributed by atoms with Crippen LogP contribution in [0.5, 0.6) is 5.75 Å². The third-order valence-electron chi connectivity index (χ3n) is 3.53. The minimum Gasteiger partial charge on any atom is -0.494 e. The van der Waals surface area contributed by atoms with E-state index in [9.17, 15) is 9.59 Å². The van der Waals surface area contributed by atoms with Gasteiger partial charge in [0, 0.05) is 23.5 Å². The molecule has 0 radical (unpaired) electrons. The van der Waals surface area contributed by atoms with E-state index in [1.807, 2.05) is 13.8 Å². The monoisotopic (exact) mass is 356 g/mol. The summed E-state index contributed by atoms with van der Waals surface area (Å²) >= 11 is 0. The summed E-state index contributed by atoms with van der Waals surface area (Å²) in [6, 6.07) is 13.9. The number of amides is 2. The smallest absolute Gasteiger partial charge is 0.255 e. The Bertz CT molecular complexity index is 712. The molecular weight excluding hydrogens is 332 g/mol. The number of carbonyl (C=O) groups excluding carboxylic acids is 2. The zero-order chi connectivity index (χ0) is 18.8. The van der Waals surface area contributed by atoms with Crippen LogP contribution in [0.4, 0.5) is 11.4 Å². The van der Waals surface area contributed by atoms with Gasteiger partial charge < -0.3 is 20.1 Å². The van der Waals surface area contributed by atoms with E-state index in [2.05, 4.69) is 10.6 Å². The summed E-state index contributed by atoms with van der Waals surface area (Å²) in [6.07, 6.45) is 0.299. The molecule has 0 heterocycles. The SMILES string of the molecule is CCOCCC(=O)Nc1ccc(C(=O)Nc2ccc(OCC)cc2)cc1. The van der Waals surface area contributed by atoms with Crippen LogP contribution in [0.25, 0.3) is 0 Å². The average Bonchev–Trinajstić information content (AvgIpc) is 2.64. The summed E-state index contributed by atoms with van der Waals surface area (Å²) in [4.78, 5) is 24.0. The van der Waals surface area contributed by atoms with Gasteiger partial charge in [0.05, 0.1) is 19.6 Å². The van der Waals surface area contributed by atoms with Gasteiger partial charge in [-0.05, 0) is 62.4 Å². The van der Waals surface area contributed by atoms with Crippen molar-refractivity contribution in [1.82, 2.24) is 0 Å². The number of hydrogen-bond acceptors (Lipinski definition) is 4. The van der Waals surface area contributed by atoms with Crippen molar-refractivity contribution in [3.63, 3.8) is 0 Å². The molecule has 6 nitrogen and oxygen atoms in total. The number of nitrogens with one attached hydrogen (secondary N) is 2. The summed E-state index contributed by atoms with van der Waals surface area (Å²) in [5.41, 5.74) is 1.84. The second kappa shape index (κ2) is 10.2. The van der Waals surface area contributed by atoms with E-state index in [1.54, 1.807) is 48.5 Å². The van der Waals surface area contributed by atoms with Crippen molar-refractivity contribution >= 4 is 23.2 Å². The molecule has 2 amide bonds. The zero-order valence-electron chi connectivity index (χ0n) is 15.1. The highest BCUT2D eigenvalue weighted by atomic mass is 16.5. The fraction of sp³-hybridized carbons (Fsp3) is 0.300. The normalized spacial score (nSPS) is 10.2. The fourth-order valence-corrected chi connectivity index (χ4v) is 2.24. The second-order valence-electron chi connectivity index (χ2n) is 5.48. The van der Waals surface area contributed by atoms with Crippen LogP contribution >= 0.6 is 0 Å². The molecule has 0 fully saturated rings. The van der Waals surface area contributed by atoms with Crippen LogP contribution in [0.3, 0.4) is 0 Å². The van der Waals surface area contributed by atoms with Gasteiger partial charge in [-0.25, -0.2) is 0 Å². The van der Waals surface area contributed by atoms with E-state index in [4.69, 9.17) is 9.47 Å². The van der Waals surface area contributed by atoms with E-state index in [0.29, 0.717) is 43.2 Å². The van der Waals surface area contributed by atoms with Crippen LogP contribution in [0.2, 0.25) is 0 Å². The highest BCUT2D eigenvalue weighted by Crippen LogP contribution is 2.17. The minimum absolute atomic E-state index is 0.120. The molecule has 138 valence electrons. The maximum Gasteiger partial charge on any atom is 0.255 e. The van der Waals surface area contributed by atoms with Crippen LogP contribution in [-0.2, 0) is 9.53 Å². The number of hydrogen-bond donors (Lipinski definition) is 2. The number of carbonyl (C=O) groups is 2. The van der Waals surface area contributed by atoms with Gasteiger partial charge in [0.15, 0.2) is 0 Å². The Balaban J connectivity index is 1.88. The third-order valence-corrected chi connectivity index (χ3v) is 3.53. The second-order valence-corrected chi connectivity index (χ2v) is 5.48. The molecule has 26 heavy (non-hydrogen) atoms. The van der Waals surface area contributed by atoms with Crippen molar-refractivity contribution in [2.24, 2.45) is 0 Å². The molecule has 0 bridgehead atoms. The molecule has 2 aromatic carbocycles. The highest BCUT2D eigenvalue weighted by Gasteiger charge is 2.07. The van der Waals surface area contributed by atoms with Crippen molar-refractivity contribution in [2.45, 2.75) is 20.3 Å². The molecule has 2 rings (SSSR count). The summed E-state index contributed by atoms with van der Waals surface area (Å²) in [5.74, 6) is 0.420. The van der Waals surface area contributed by atoms with Gasteiger partial charge in [-0.2, -0.15) is 0 Å². The van der Waals surface area contributed by atoms with Crippen LogP contribution in [0.15, 0.2) is 48.5 Å². The van der Waals surface area contributed by atoms with Gasteiger partial charge in [-0.15, -0.1) is 0 Å². The first-order chi connectivity index (χ1) is 12.6. The number of rotatable bonds is 9. The van der Waals surface area contributed by atoms with Gasteiger partial charge in [-0.1, -0.05) is 0 Å². The van der Waals surface area contributed by atoms with Crippen molar-refractivity contribution in [3.05, 3.63) is 54.1 Å². The predicted octanol–water partition coefficient (Wildman–Crippen LogP) is 3.70. The van der Waals surface area contributed by atoms with Crippen LogP contribution < -0.4 is 15.4 Å². The highest BCUT2D eigenvalue weighted by molar-refractivity contribution is 6.04. The summed E-state index contributed by atoms with van der Waals surface area (Å²) in [6.45, 7) is 5.38. The van der Waals surface area contributed by atoms with Gasteiger partial charge >= 0.3 is 0 Å². The first-order valence-electron chi connectivity index (χ1n) is 8.64. The Labute approximate surface area is 153 Å². The van der Waals surface area contributed by atoms with E-state index >= 15 is 0 Å². The maximum absolute atomic E-state index is 12.3. The molecule has 0 unspecified atom stereocenters. The molecule has 0 saturated heterocycles. The van der Waals surface area contributed by atoms with Gasteiger partial charge in [0.1, 0.15) is 5.75 Å². The predicted molar refractivity (Wildman–Crippen MR) is 102 cm³/mol. The largest absolute Gasteiger partial charge is 0.494 e. The first-order valence-corrected chi connectivity index (χ1v) is 8.64. The van der Waals surface area contributed by atoms with E-state index in [1.165, 1.54) is 0 Å². The zero-order valence-corrected chi connectivity index (χ0v) is 15.1. The quantitative estimate of drug-likeness (QED) is 0.672. The van der Waals surface area contributed by atoms with Crippen molar-refractivity contribution < 1.29 is 19.1 Å². The Morgan fingerprint density at radius 1 is 0.846 bits per heavy atom. The lowest BCUT2D eigenvalue weighted by Crippen LogP contribution is -2.15. The topological polar surface area (TPSA) is 76.7 Å². The number of anilines is 2. The molecule has 0 aromatic heterocycles. The standard InChI is InChI=1S/C20H24N2O4/c1-3-25-14-13-19(23)21-16-7-5-15(6-8-16)20(24)22-17-9-11-18(12-10-17)26-4-2/h5-12H,3-4,13-14H2,1-2H3,(H,21,23)(H,22,24). The molecular formula is C20H24N2O4. The minimum atomic E-state index is -0.219. The van der Waals surface area contributed by atoms with Gasteiger partial charge in [-0.3, -0.25) is 9.59 Å². The Kier molecular flexibility index (Phi) is 7.64. The first kappa shape index (κ1) is 19.5. The van der Waals surface area contributed by atoms with Crippen molar-refractivity contribution in [2.75, 3.05) is 30.5 Å². The Morgan fingerprint density at radius 2 is 1.46 bits per heavy atom. The van der Waals surface area contributed by atoms with Crippen molar-refractivity contribution in [1.29, 1.82) is 0 Å². The summed E-state index contributed by atoms with van der Waals surface area (Å²) < 4.78 is 10.5. The molecule has 2 aromatic rings. The van der Waals surface area contributed by atoms with Crippen LogP contribution in [0.1, 0.15) is 30.6 Å². The Morgan fingerprint density at radius 3 is 2.08 bits per heavy atom. The van der Waals surface area contributed by atoms with Gasteiger partial charge in [0.25, 0.3) is 5.91 Å². The lowest BCUT2D eigenvalue weighted by molar-refractivity contribution is -0.117. The van der Waals surface area contributed by atoms with E-state index in [-0.39, 0.29) is 11.8 Å². The lowest BCUT2D eigenvalue weighted by atomic mass is 10.2. The lowest BCUT2D eigenvalue weighted by Gasteiger charge is -2.09. The number of benzene rings is 2. The van der Waals surface area contributed by atoms with E-state index < -0.39 is 0 Å². The average molecular weight is 356 g/mol. The summed E-state index contributed by atoms with van der Waals surface area (Å²) in [5, 5.41) is 5.59. The number of ether oxygens (including phenoxy) is 2. The molecule has 0 spiro atoms. The molecule has 0 atom stereocenters. The molecule has 0 aliphatic carbocycles. The molecule has 0 aliphatic rings. The van der Waals surface area contributed by atoms with Gasteiger partial charge in [0.2, 0.25) is 5.91 Å². The molecule has 2 N–H and O–H groups in total. The molecule has 0 aliphatic heterocycles. The van der Waals surface area contributed by atoms with Crippen molar-refractivity contribution in [3.8, 4) is 5.75 Å². The van der Waals surface area contributed by atoms with Crippen LogP contribution in [-0.4, -0.2) is 31.6 Å². The third kappa shape index (κ3) is 6.22. The fourth-order valence-electron chi connectivity index (χ4n) is 2.24. The molecule has 6 heteroatoms.